The monoisotopic (exact) mass is 374 g/mol. The minimum atomic E-state index is -3.79. The summed E-state index contributed by atoms with van der Waals surface area (Å²) in [5.74, 6) is -0.790. The van der Waals surface area contributed by atoms with Gasteiger partial charge in [-0.1, -0.05) is 6.92 Å². The Morgan fingerprint density at radius 2 is 1.83 bits per heavy atom. The molecule has 0 saturated carbocycles. The van der Waals surface area contributed by atoms with Crippen molar-refractivity contribution in [3.63, 3.8) is 0 Å². The minimum absolute atomic E-state index is 0.0574. The number of sulfone groups is 2. The van der Waals surface area contributed by atoms with Crippen LogP contribution in [0.5, 0.6) is 0 Å². The molecule has 1 aromatic rings. The molecule has 7 nitrogen and oxygen atoms in total. The van der Waals surface area contributed by atoms with Gasteiger partial charge in [0.05, 0.1) is 21.7 Å². The van der Waals surface area contributed by atoms with Gasteiger partial charge in [-0.2, -0.15) is 0 Å². The van der Waals surface area contributed by atoms with E-state index in [9.17, 15) is 21.6 Å². The topological polar surface area (TPSA) is 109 Å². The summed E-state index contributed by atoms with van der Waals surface area (Å²) in [5, 5.41) is 4.60. The Morgan fingerprint density at radius 1 is 1.21 bits per heavy atom. The average Bonchev–Trinajstić information content (AvgIpc) is 2.81. The van der Waals surface area contributed by atoms with E-state index in [0.717, 1.165) is 6.42 Å². The number of rotatable bonds is 6. The van der Waals surface area contributed by atoms with Gasteiger partial charge in [-0.05, 0) is 37.2 Å². The third kappa shape index (κ3) is 4.34. The first-order valence-electron chi connectivity index (χ1n) is 7.71. The molecule has 24 heavy (non-hydrogen) atoms. The molecular weight excluding hydrogens is 352 g/mol. The van der Waals surface area contributed by atoms with Crippen LogP contribution in [-0.2, 0) is 24.5 Å². The Morgan fingerprint density at radius 3 is 2.38 bits per heavy atom. The molecule has 1 aliphatic rings. The van der Waals surface area contributed by atoms with Gasteiger partial charge in [0.15, 0.2) is 19.7 Å². The van der Waals surface area contributed by atoms with Gasteiger partial charge in [0.25, 0.3) is 0 Å². The van der Waals surface area contributed by atoms with Gasteiger partial charge < -0.3 is 10.6 Å². The van der Waals surface area contributed by atoms with Crippen LogP contribution in [0, 0.1) is 0 Å². The van der Waals surface area contributed by atoms with Crippen LogP contribution in [0.25, 0.3) is 0 Å². The predicted octanol–water partition coefficient (Wildman–Crippen LogP) is 0.584. The molecule has 2 unspecified atom stereocenters. The smallest absolute Gasteiger partial charge is 0.221 e. The lowest BCUT2D eigenvalue weighted by Crippen LogP contribution is -2.43. The van der Waals surface area contributed by atoms with E-state index in [2.05, 4.69) is 10.6 Å². The molecule has 2 N–H and O–H groups in total. The molecule has 1 amide bonds. The number of carbonyl (C=O) groups excluding carboxylic acids is 1. The summed E-state index contributed by atoms with van der Waals surface area (Å²) >= 11 is 0. The molecule has 0 aromatic heterocycles. The zero-order valence-electron chi connectivity index (χ0n) is 13.7. The van der Waals surface area contributed by atoms with Gasteiger partial charge in [-0.15, -0.1) is 0 Å². The van der Waals surface area contributed by atoms with Crippen LogP contribution in [0.1, 0.15) is 20.3 Å². The van der Waals surface area contributed by atoms with Crippen molar-refractivity contribution in [2.24, 2.45) is 0 Å². The Balaban J connectivity index is 2.28. The molecule has 1 heterocycles. The Labute approximate surface area is 142 Å². The van der Waals surface area contributed by atoms with Crippen molar-refractivity contribution in [3.05, 3.63) is 24.3 Å². The molecule has 134 valence electrons. The highest BCUT2D eigenvalue weighted by molar-refractivity contribution is 7.96. The maximum atomic E-state index is 12.8. The molecule has 1 aliphatic heterocycles. The van der Waals surface area contributed by atoms with Gasteiger partial charge >= 0.3 is 0 Å². The van der Waals surface area contributed by atoms with E-state index in [4.69, 9.17) is 0 Å². The van der Waals surface area contributed by atoms with Crippen molar-refractivity contribution < 1.29 is 21.6 Å². The van der Waals surface area contributed by atoms with Crippen molar-refractivity contribution in [2.75, 3.05) is 23.4 Å². The average molecular weight is 374 g/mol. The second-order valence-corrected chi connectivity index (χ2v) is 10.2. The van der Waals surface area contributed by atoms with E-state index in [1.54, 1.807) is 0 Å². The number of hydrogen-bond acceptors (Lipinski definition) is 6. The van der Waals surface area contributed by atoms with E-state index < -0.39 is 31.0 Å². The zero-order chi connectivity index (χ0) is 18.0. The van der Waals surface area contributed by atoms with E-state index in [1.807, 2.05) is 6.92 Å². The van der Waals surface area contributed by atoms with Crippen LogP contribution in [0.2, 0.25) is 0 Å². The Hall–Kier alpha value is -1.45. The van der Waals surface area contributed by atoms with E-state index in [-0.39, 0.29) is 22.3 Å². The third-order valence-electron chi connectivity index (χ3n) is 3.86. The maximum Gasteiger partial charge on any atom is 0.221 e. The van der Waals surface area contributed by atoms with Gasteiger partial charge in [-0.25, -0.2) is 16.8 Å². The summed E-state index contributed by atoms with van der Waals surface area (Å²) in [6.45, 7) is 3.85. The first kappa shape index (κ1) is 18.9. The first-order chi connectivity index (χ1) is 11.2. The number of benzene rings is 1. The summed E-state index contributed by atoms with van der Waals surface area (Å²) in [5.41, 5.74) is 0.487. The normalized spacial score (nSPS) is 23.1. The molecule has 1 aromatic carbocycles. The highest BCUT2D eigenvalue weighted by Crippen LogP contribution is 2.26. The fraction of sp³-hybridized carbons (Fsp3) is 0.533. The summed E-state index contributed by atoms with van der Waals surface area (Å²) in [6.07, 6.45) is 0.786. The molecule has 0 aliphatic carbocycles. The molecule has 2 rings (SSSR count). The van der Waals surface area contributed by atoms with E-state index in [1.165, 1.54) is 31.2 Å². The van der Waals surface area contributed by atoms with Crippen LogP contribution < -0.4 is 10.6 Å². The van der Waals surface area contributed by atoms with Gasteiger partial charge in [-0.3, -0.25) is 4.79 Å². The minimum Gasteiger partial charge on any atom is -0.326 e. The Bertz CT molecular complexity index is 801. The quantitative estimate of drug-likeness (QED) is 0.754. The van der Waals surface area contributed by atoms with Crippen LogP contribution >= 0.6 is 0 Å². The molecule has 0 spiro atoms. The summed E-state index contributed by atoms with van der Waals surface area (Å²) in [7, 11) is -7.18. The SMILES string of the molecule is CCCNC1CS(=O)(=O)CC1S(=O)(=O)c1ccc(NC(C)=O)cc1. The molecule has 1 saturated heterocycles. The van der Waals surface area contributed by atoms with E-state index >= 15 is 0 Å². The maximum absolute atomic E-state index is 12.8. The highest BCUT2D eigenvalue weighted by Gasteiger charge is 2.45. The fourth-order valence-electron chi connectivity index (χ4n) is 2.75. The zero-order valence-corrected chi connectivity index (χ0v) is 15.3. The third-order valence-corrected chi connectivity index (χ3v) is 8.03. The van der Waals surface area contributed by atoms with Crippen LogP contribution in [-0.4, -0.2) is 52.1 Å². The van der Waals surface area contributed by atoms with Crippen molar-refractivity contribution in [1.82, 2.24) is 5.32 Å². The van der Waals surface area contributed by atoms with Gasteiger partial charge in [0.1, 0.15) is 0 Å². The summed E-state index contributed by atoms with van der Waals surface area (Å²) < 4.78 is 49.5. The van der Waals surface area contributed by atoms with Crippen molar-refractivity contribution in [3.8, 4) is 0 Å². The second-order valence-electron chi connectivity index (χ2n) is 5.93. The molecule has 0 bridgehead atoms. The summed E-state index contributed by atoms with van der Waals surface area (Å²) in [6, 6.07) is 5.17. The van der Waals surface area contributed by atoms with E-state index in [0.29, 0.717) is 12.2 Å². The second kappa shape index (κ2) is 7.20. The lowest BCUT2D eigenvalue weighted by molar-refractivity contribution is -0.114. The molecule has 2 atom stereocenters. The highest BCUT2D eigenvalue weighted by atomic mass is 32.2. The van der Waals surface area contributed by atoms with Crippen molar-refractivity contribution in [1.29, 1.82) is 0 Å². The largest absolute Gasteiger partial charge is 0.326 e. The number of carbonyl (C=O) groups is 1. The molecule has 0 radical (unpaired) electrons. The van der Waals surface area contributed by atoms with Crippen LogP contribution in [0.3, 0.4) is 0 Å². The van der Waals surface area contributed by atoms with Crippen molar-refractivity contribution in [2.45, 2.75) is 36.5 Å². The molecular formula is C15H22N2O5S2. The molecule has 1 fully saturated rings. The summed E-state index contributed by atoms with van der Waals surface area (Å²) in [4.78, 5) is 11.1. The lowest BCUT2D eigenvalue weighted by Gasteiger charge is -2.19. The lowest BCUT2D eigenvalue weighted by atomic mass is 10.2. The van der Waals surface area contributed by atoms with Gasteiger partial charge in [0.2, 0.25) is 5.91 Å². The number of anilines is 1. The van der Waals surface area contributed by atoms with Crippen LogP contribution in [0.4, 0.5) is 5.69 Å². The van der Waals surface area contributed by atoms with Crippen molar-refractivity contribution >= 4 is 31.3 Å². The fourth-order valence-corrected chi connectivity index (χ4v) is 7.46. The van der Waals surface area contributed by atoms with Crippen LogP contribution in [0.15, 0.2) is 29.2 Å². The molecule has 9 heteroatoms. The first-order valence-corrected chi connectivity index (χ1v) is 11.1. The standard InChI is InChI=1S/C15H22N2O5S2/c1-3-8-16-14-9-23(19,20)10-15(14)24(21,22)13-6-4-12(5-7-13)17-11(2)18/h4-7,14-16H,3,8-10H2,1-2H3,(H,17,18). The number of nitrogens with one attached hydrogen (secondary N) is 2. The van der Waals surface area contributed by atoms with Gasteiger partial charge in [0, 0.05) is 18.7 Å². The predicted molar refractivity (Wildman–Crippen MR) is 92.5 cm³/mol. The number of hydrogen-bond donors (Lipinski definition) is 2. The number of amides is 1. The Kier molecular flexibility index (Phi) is 5.67.